The molecule has 2 atom stereocenters. The molecule has 8 nitrogen and oxygen atoms in total. The van der Waals surface area contributed by atoms with Crippen LogP contribution >= 0.6 is 0 Å². The van der Waals surface area contributed by atoms with Crippen LogP contribution < -0.4 is 0 Å². The molecule has 0 radical (unpaired) electrons. The van der Waals surface area contributed by atoms with Gasteiger partial charge in [0.15, 0.2) is 18.9 Å². The van der Waals surface area contributed by atoms with Gasteiger partial charge in [0.2, 0.25) is 0 Å². The van der Waals surface area contributed by atoms with Crippen molar-refractivity contribution in [2.75, 3.05) is 19.8 Å². The molecule has 8 heteroatoms. The van der Waals surface area contributed by atoms with Crippen LogP contribution in [-0.2, 0) is 33.3 Å². The number of ether oxygens (including phenoxy) is 5. The normalized spacial score (nSPS) is 14.4. The van der Waals surface area contributed by atoms with Gasteiger partial charge < -0.3 is 28.8 Å². The zero-order valence-corrected chi connectivity index (χ0v) is 17.8. The third-order valence-electron chi connectivity index (χ3n) is 3.79. The predicted molar refractivity (Wildman–Crippen MR) is 104 cm³/mol. The van der Waals surface area contributed by atoms with Crippen molar-refractivity contribution >= 4 is 11.9 Å². The summed E-state index contributed by atoms with van der Waals surface area (Å²) >= 11 is 0. The van der Waals surface area contributed by atoms with E-state index in [1.54, 1.807) is 13.8 Å². The number of hydrogen-bond acceptors (Lipinski definition) is 7. The predicted octanol–water partition coefficient (Wildman–Crippen LogP) is 3.86. The first kappa shape index (κ1) is 26.8. The Hall–Kier alpha value is -1.22. The number of rotatable bonds is 19. The molecule has 0 fully saturated rings. The summed E-state index contributed by atoms with van der Waals surface area (Å²) in [6.45, 7) is 8.76. The number of carboxylic acid groups (broad SMARTS) is 1. The highest BCUT2D eigenvalue weighted by atomic mass is 16.8. The summed E-state index contributed by atoms with van der Waals surface area (Å²) in [4.78, 5) is 22.3. The van der Waals surface area contributed by atoms with Crippen LogP contribution in [0.4, 0.5) is 0 Å². The van der Waals surface area contributed by atoms with Crippen molar-refractivity contribution in [2.24, 2.45) is 0 Å². The Morgan fingerprint density at radius 3 is 1.79 bits per heavy atom. The zero-order chi connectivity index (χ0) is 21.2. The molecule has 0 aliphatic rings. The summed E-state index contributed by atoms with van der Waals surface area (Å²) in [6, 6.07) is 0. The summed E-state index contributed by atoms with van der Waals surface area (Å²) < 4.78 is 27.7. The molecule has 0 spiro atoms. The Balaban J connectivity index is 4.36. The Labute approximate surface area is 168 Å². The van der Waals surface area contributed by atoms with Crippen molar-refractivity contribution in [3.63, 3.8) is 0 Å². The number of hydrogen-bond donors (Lipinski definition) is 1. The van der Waals surface area contributed by atoms with Gasteiger partial charge in [0, 0.05) is 26.1 Å². The molecular weight excluding hydrogens is 368 g/mol. The van der Waals surface area contributed by atoms with Crippen LogP contribution in [0, 0.1) is 0 Å². The van der Waals surface area contributed by atoms with Gasteiger partial charge in [-0.2, -0.15) is 0 Å². The highest BCUT2D eigenvalue weighted by molar-refractivity contribution is 5.69. The molecule has 0 rings (SSSR count). The first-order chi connectivity index (χ1) is 13.4. The molecule has 0 bridgehead atoms. The van der Waals surface area contributed by atoms with E-state index in [9.17, 15) is 9.59 Å². The van der Waals surface area contributed by atoms with E-state index in [0.29, 0.717) is 26.1 Å². The van der Waals surface area contributed by atoms with E-state index in [2.05, 4.69) is 13.8 Å². The largest absolute Gasteiger partial charge is 0.481 e. The van der Waals surface area contributed by atoms with Crippen LogP contribution in [0.1, 0.15) is 79.1 Å². The number of carbonyl (C=O) groups is 2. The molecule has 0 aromatic rings. The second kappa shape index (κ2) is 17.8. The molecule has 0 saturated carbocycles. The third-order valence-corrected chi connectivity index (χ3v) is 3.79. The Morgan fingerprint density at radius 1 is 0.821 bits per heavy atom. The van der Waals surface area contributed by atoms with Gasteiger partial charge >= 0.3 is 11.9 Å². The number of unbranched alkanes of at least 4 members (excludes halogenated alkanes) is 3. The van der Waals surface area contributed by atoms with Crippen LogP contribution in [0.3, 0.4) is 0 Å². The fourth-order valence-electron chi connectivity index (χ4n) is 2.18. The molecule has 0 aliphatic carbocycles. The Morgan fingerprint density at radius 2 is 1.32 bits per heavy atom. The number of esters is 1. The highest BCUT2D eigenvalue weighted by Crippen LogP contribution is 2.10. The summed E-state index contributed by atoms with van der Waals surface area (Å²) in [6.07, 6.45) is 3.19. The lowest BCUT2D eigenvalue weighted by molar-refractivity contribution is -0.295. The summed E-state index contributed by atoms with van der Waals surface area (Å²) in [5.74, 6) is -1.29. The quantitative estimate of drug-likeness (QED) is 0.196. The maximum absolute atomic E-state index is 11.8. The maximum atomic E-state index is 11.8. The lowest BCUT2D eigenvalue weighted by atomic mass is 10.2. The van der Waals surface area contributed by atoms with Crippen LogP contribution in [0.5, 0.6) is 0 Å². The van der Waals surface area contributed by atoms with Crippen molar-refractivity contribution in [3.8, 4) is 0 Å². The van der Waals surface area contributed by atoms with Gasteiger partial charge in [-0.05, 0) is 39.5 Å². The van der Waals surface area contributed by atoms with Gasteiger partial charge in [0.25, 0.3) is 0 Å². The summed E-state index contributed by atoms with van der Waals surface area (Å²) in [5, 5.41) is 8.60. The van der Waals surface area contributed by atoms with Gasteiger partial charge in [0.05, 0.1) is 0 Å². The average molecular weight is 407 g/mol. The Bertz CT molecular complexity index is 384. The van der Waals surface area contributed by atoms with E-state index < -0.39 is 30.8 Å². The lowest BCUT2D eigenvalue weighted by Crippen LogP contribution is -2.33. The van der Waals surface area contributed by atoms with Gasteiger partial charge in [-0.25, -0.2) is 0 Å². The van der Waals surface area contributed by atoms with E-state index >= 15 is 0 Å². The molecule has 2 unspecified atom stereocenters. The molecule has 0 aliphatic heterocycles. The van der Waals surface area contributed by atoms with Crippen molar-refractivity contribution in [2.45, 2.75) is 97.9 Å². The van der Waals surface area contributed by atoms with Gasteiger partial charge in [-0.1, -0.05) is 26.7 Å². The van der Waals surface area contributed by atoms with E-state index in [1.165, 1.54) is 0 Å². The van der Waals surface area contributed by atoms with Crippen molar-refractivity contribution in [1.29, 1.82) is 0 Å². The number of aliphatic carboxylic acids is 1. The van der Waals surface area contributed by atoms with Crippen LogP contribution in [-0.4, -0.2) is 55.7 Å². The van der Waals surface area contributed by atoms with Crippen LogP contribution in [0.15, 0.2) is 0 Å². The maximum Gasteiger partial charge on any atom is 0.305 e. The standard InChI is InChI=1S/C20H38O8/c1-5-7-13-24-16(3)27-20(28-17(4)25-14-8-6-2)15-26-19(23)12-10-9-11-18(21)22/h16-17,20H,5-15H2,1-4H3,(H,21,22). The Kier molecular flexibility index (Phi) is 17.1. The first-order valence-corrected chi connectivity index (χ1v) is 10.3. The number of carbonyl (C=O) groups excluding carboxylic acids is 1. The second-order valence-corrected chi connectivity index (χ2v) is 6.57. The van der Waals surface area contributed by atoms with Crippen molar-refractivity contribution in [1.82, 2.24) is 0 Å². The van der Waals surface area contributed by atoms with Gasteiger partial charge in [0.1, 0.15) is 6.61 Å². The van der Waals surface area contributed by atoms with E-state index in [0.717, 1.165) is 25.7 Å². The molecule has 0 saturated heterocycles. The molecule has 0 aromatic heterocycles. The lowest BCUT2D eigenvalue weighted by Gasteiger charge is -2.25. The smallest absolute Gasteiger partial charge is 0.305 e. The minimum Gasteiger partial charge on any atom is -0.481 e. The molecule has 1 N–H and O–H groups in total. The molecule has 0 aromatic carbocycles. The summed E-state index contributed by atoms with van der Waals surface area (Å²) in [7, 11) is 0. The van der Waals surface area contributed by atoms with Crippen LogP contribution in [0.2, 0.25) is 0 Å². The second-order valence-electron chi connectivity index (χ2n) is 6.57. The van der Waals surface area contributed by atoms with E-state index in [4.69, 9.17) is 28.8 Å². The number of carboxylic acids is 1. The van der Waals surface area contributed by atoms with Crippen LogP contribution in [0.25, 0.3) is 0 Å². The average Bonchev–Trinajstić information content (AvgIpc) is 2.63. The zero-order valence-electron chi connectivity index (χ0n) is 17.8. The van der Waals surface area contributed by atoms with Gasteiger partial charge in [-0.3, -0.25) is 9.59 Å². The minimum atomic E-state index is -0.871. The fourth-order valence-corrected chi connectivity index (χ4v) is 2.18. The summed E-state index contributed by atoms with van der Waals surface area (Å²) in [5.41, 5.74) is 0. The molecule has 0 heterocycles. The van der Waals surface area contributed by atoms with E-state index in [-0.39, 0.29) is 19.4 Å². The van der Waals surface area contributed by atoms with Crippen molar-refractivity contribution < 1.29 is 38.4 Å². The minimum absolute atomic E-state index is 0.0430. The molecule has 28 heavy (non-hydrogen) atoms. The monoisotopic (exact) mass is 406 g/mol. The van der Waals surface area contributed by atoms with Gasteiger partial charge in [-0.15, -0.1) is 0 Å². The fraction of sp³-hybridized carbons (Fsp3) is 0.900. The SMILES string of the molecule is CCCCOC(C)OC(COC(=O)CCCCC(=O)O)OC(C)OCCCC. The highest BCUT2D eigenvalue weighted by Gasteiger charge is 2.20. The van der Waals surface area contributed by atoms with Crippen molar-refractivity contribution in [3.05, 3.63) is 0 Å². The molecular formula is C20H38O8. The molecule has 166 valence electrons. The van der Waals surface area contributed by atoms with E-state index in [1.807, 2.05) is 0 Å². The third kappa shape index (κ3) is 16.9. The topological polar surface area (TPSA) is 101 Å². The molecule has 0 amide bonds. The first-order valence-electron chi connectivity index (χ1n) is 10.3.